The molecule has 1 unspecified atom stereocenters. The molecule has 1 fully saturated rings. The van der Waals surface area contributed by atoms with Crippen molar-refractivity contribution in [1.82, 2.24) is 8.87 Å². The quantitative estimate of drug-likeness (QED) is 0.782. The lowest BCUT2D eigenvalue weighted by molar-refractivity contribution is 0.394. The Hall–Kier alpha value is -0.170. The Bertz CT molecular complexity index is 514. The van der Waals surface area contributed by atoms with Crippen molar-refractivity contribution in [3.05, 3.63) is 18.0 Å². The Morgan fingerprint density at radius 3 is 2.79 bits per heavy atom. The maximum absolute atomic E-state index is 12.6. The van der Waals surface area contributed by atoms with Gasteiger partial charge in [0.1, 0.15) is 4.90 Å². The normalized spacial score (nSPS) is 20.3. The number of aryl methyl sites for hydroxylation is 1. The Morgan fingerprint density at radius 2 is 2.32 bits per heavy atom. The first-order chi connectivity index (χ1) is 9.00. The third-order valence-corrected chi connectivity index (χ3v) is 6.83. The Morgan fingerprint density at radius 1 is 1.58 bits per heavy atom. The van der Waals surface area contributed by atoms with E-state index in [4.69, 9.17) is 11.6 Å². The largest absolute Gasteiger partial charge is 0.349 e. The summed E-state index contributed by atoms with van der Waals surface area (Å²) >= 11 is 7.66. The zero-order valence-corrected chi connectivity index (χ0v) is 13.6. The lowest BCUT2D eigenvalue weighted by Crippen LogP contribution is -2.36. The lowest BCUT2D eigenvalue weighted by atomic mass is 10.3. The molecular formula is C12H19ClN2O2S2. The molecule has 1 aromatic heterocycles. The summed E-state index contributed by atoms with van der Waals surface area (Å²) in [7, 11) is -1.73. The zero-order valence-electron chi connectivity index (χ0n) is 11.2. The van der Waals surface area contributed by atoms with Gasteiger partial charge in [-0.05, 0) is 25.2 Å². The predicted molar refractivity (Wildman–Crippen MR) is 80.3 cm³/mol. The van der Waals surface area contributed by atoms with Crippen LogP contribution in [0.2, 0.25) is 0 Å². The Kier molecular flexibility index (Phi) is 4.87. The summed E-state index contributed by atoms with van der Waals surface area (Å²) in [4.78, 5) is 0.351. The van der Waals surface area contributed by atoms with Gasteiger partial charge in [-0.1, -0.05) is 0 Å². The minimum Gasteiger partial charge on any atom is -0.349 e. The van der Waals surface area contributed by atoms with Crippen LogP contribution in [0.4, 0.5) is 0 Å². The van der Waals surface area contributed by atoms with Gasteiger partial charge in [-0.25, -0.2) is 8.42 Å². The van der Waals surface area contributed by atoms with Crippen LogP contribution < -0.4 is 0 Å². The molecule has 2 rings (SSSR count). The highest BCUT2D eigenvalue weighted by molar-refractivity contribution is 7.99. The smallest absolute Gasteiger partial charge is 0.244 e. The molecule has 2 heterocycles. The average Bonchev–Trinajstić information content (AvgIpc) is 3.06. The number of aromatic nitrogens is 1. The first kappa shape index (κ1) is 15.2. The van der Waals surface area contributed by atoms with Crippen LogP contribution in [0.1, 0.15) is 19.0 Å². The molecule has 7 heteroatoms. The summed E-state index contributed by atoms with van der Waals surface area (Å²) in [5.41, 5.74) is 0.844. The van der Waals surface area contributed by atoms with E-state index >= 15 is 0 Å². The molecule has 19 heavy (non-hydrogen) atoms. The molecule has 1 aromatic rings. The second-order valence-corrected chi connectivity index (χ2v) is 8.04. The summed E-state index contributed by atoms with van der Waals surface area (Å²) in [6, 6.07) is 1.80. The van der Waals surface area contributed by atoms with Crippen LogP contribution in [0.5, 0.6) is 0 Å². The number of rotatable bonds is 5. The molecule has 108 valence electrons. The topological polar surface area (TPSA) is 42.3 Å². The molecule has 1 aliphatic rings. The Balaban J connectivity index is 2.30. The molecule has 1 saturated heterocycles. The number of halogens is 1. The summed E-state index contributed by atoms with van der Waals surface area (Å²) in [6.45, 7) is 2.70. The summed E-state index contributed by atoms with van der Waals surface area (Å²) in [5.74, 6) is 2.24. The minimum absolute atomic E-state index is 0.111. The van der Waals surface area contributed by atoms with E-state index in [0.717, 1.165) is 30.2 Å². The van der Waals surface area contributed by atoms with Crippen LogP contribution in [0.3, 0.4) is 0 Å². The second-order valence-electron chi connectivity index (χ2n) is 4.63. The van der Waals surface area contributed by atoms with Gasteiger partial charge in [-0.15, -0.1) is 11.6 Å². The third kappa shape index (κ3) is 2.96. The summed E-state index contributed by atoms with van der Waals surface area (Å²) < 4.78 is 28.6. The summed E-state index contributed by atoms with van der Waals surface area (Å²) in [6.07, 6.45) is 2.61. The van der Waals surface area contributed by atoms with E-state index in [0.29, 0.717) is 10.8 Å². The highest BCUT2D eigenvalue weighted by Gasteiger charge is 2.31. The highest BCUT2D eigenvalue weighted by Crippen LogP contribution is 2.27. The number of hydrogen-bond donors (Lipinski definition) is 0. The fraction of sp³-hybridized carbons (Fsp3) is 0.667. The maximum atomic E-state index is 12.6. The van der Waals surface area contributed by atoms with Crippen LogP contribution in [-0.2, 0) is 22.4 Å². The van der Waals surface area contributed by atoms with Gasteiger partial charge in [0.25, 0.3) is 0 Å². The average molecular weight is 323 g/mol. The number of sulfonamides is 1. The number of hydrogen-bond acceptors (Lipinski definition) is 3. The van der Waals surface area contributed by atoms with Gasteiger partial charge in [0.2, 0.25) is 10.0 Å². The molecule has 0 spiro atoms. The zero-order chi connectivity index (χ0) is 14.0. The summed E-state index contributed by atoms with van der Waals surface area (Å²) in [5, 5.41) is 0. The van der Waals surface area contributed by atoms with Crippen molar-refractivity contribution in [2.24, 2.45) is 0 Å². The van der Waals surface area contributed by atoms with Crippen molar-refractivity contribution < 1.29 is 8.42 Å². The van der Waals surface area contributed by atoms with E-state index in [1.54, 1.807) is 31.1 Å². The van der Waals surface area contributed by atoms with Gasteiger partial charge in [-0.3, -0.25) is 0 Å². The number of nitrogens with zero attached hydrogens (tertiary/aromatic N) is 2. The van der Waals surface area contributed by atoms with Gasteiger partial charge in [0.05, 0.1) is 5.88 Å². The van der Waals surface area contributed by atoms with Gasteiger partial charge >= 0.3 is 0 Å². The molecule has 0 amide bonds. The molecule has 0 aliphatic carbocycles. The second kappa shape index (κ2) is 6.08. The fourth-order valence-electron chi connectivity index (χ4n) is 2.24. The standard InChI is InChI=1S/C12H19ClN2O2S2/c1-3-15-8-12(6-11(15)7-13)19(16,17)14(2)10-4-5-18-9-10/h6,8,10H,3-5,7,9H2,1-2H3. The molecular weight excluding hydrogens is 304 g/mol. The van der Waals surface area contributed by atoms with Crippen LogP contribution in [0, 0.1) is 0 Å². The lowest BCUT2D eigenvalue weighted by Gasteiger charge is -2.22. The van der Waals surface area contributed by atoms with E-state index in [9.17, 15) is 8.42 Å². The Labute approximate surface area is 124 Å². The maximum Gasteiger partial charge on any atom is 0.244 e. The van der Waals surface area contributed by atoms with E-state index in [1.165, 1.54) is 4.31 Å². The number of alkyl halides is 1. The van der Waals surface area contributed by atoms with Crippen molar-refractivity contribution in [2.45, 2.75) is 36.7 Å². The van der Waals surface area contributed by atoms with Crippen molar-refractivity contribution >= 4 is 33.4 Å². The molecule has 0 N–H and O–H groups in total. The van der Waals surface area contributed by atoms with E-state index in [1.807, 2.05) is 11.5 Å². The van der Waals surface area contributed by atoms with Crippen molar-refractivity contribution in [3.63, 3.8) is 0 Å². The number of thioether (sulfide) groups is 1. The SMILES string of the molecule is CCn1cc(S(=O)(=O)N(C)C2CCSC2)cc1CCl. The highest BCUT2D eigenvalue weighted by atomic mass is 35.5. The molecule has 4 nitrogen and oxygen atoms in total. The molecule has 1 aliphatic heterocycles. The molecule has 0 aromatic carbocycles. The van der Waals surface area contributed by atoms with Crippen LogP contribution in [0.15, 0.2) is 17.2 Å². The molecule has 0 radical (unpaired) electrons. The van der Waals surface area contributed by atoms with Crippen LogP contribution >= 0.6 is 23.4 Å². The van der Waals surface area contributed by atoms with E-state index < -0.39 is 10.0 Å². The first-order valence-electron chi connectivity index (χ1n) is 6.31. The van der Waals surface area contributed by atoms with Crippen LogP contribution in [0.25, 0.3) is 0 Å². The minimum atomic E-state index is -3.40. The van der Waals surface area contributed by atoms with Gasteiger partial charge in [-0.2, -0.15) is 16.1 Å². The van der Waals surface area contributed by atoms with E-state index in [2.05, 4.69) is 0 Å². The predicted octanol–water partition coefficient (Wildman–Crippen LogP) is 2.37. The first-order valence-corrected chi connectivity index (χ1v) is 9.44. The molecule has 1 atom stereocenters. The van der Waals surface area contributed by atoms with Crippen LogP contribution in [-0.4, -0.2) is 41.9 Å². The third-order valence-electron chi connectivity index (χ3n) is 3.54. The fourth-order valence-corrected chi connectivity index (χ4v) is 5.29. The van der Waals surface area contributed by atoms with Crippen molar-refractivity contribution in [3.8, 4) is 0 Å². The monoisotopic (exact) mass is 322 g/mol. The van der Waals surface area contributed by atoms with E-state index in [-0.39, 0.29) is 6.04 Å². The molecule has 0 bridgehead atoms. The van der Waals surface area contributed by atoms with Crippen molar-refractivity contribution in [1.29, 1.82) is 0 Å². The van der Waals surface area contributed by atoms with Gasteiger partial charge in [0, 0.05) is 37.3 Å². The van der Waals surface area contributed by atoms with Gasteiger partial charge in [0.15, 0.2) is 0 Å². The molecule has 0 saturated carbocycles. The van der Waals surface area contributed by atoms with Gasteiger partial charge < -0.3 is 4.57 Å². The van der Waals surface area contributed by atoms with Crippen molar-refractivity contribution in [2.75, 3.05) is 18.6 Å².